The van der Waals surface area contributed by atoms with Gasteiger partial charge in [0, 0.05) is 6.07 Å². The van der Waals surface area contributed by atoms with Crippen molar-refractivity contribution < 1.29 is 9.72 Å². The second-order valence-electron chi connectivity index (χ2n) is 5.24. The van der Waals surface area contributed by atoms with Gasteiger partial charge in [0.15, 0.2) is 0 Å². The van der Waals surface area contributed by atoms with E-state index in [1.165, 1.54) is 24.3 Å². The van der Waals surface area contributed by atoms with E-state index in [4.69, 9.17) is 11.6 Å². The molecule has 0 spiro atoms. The third kappa shape index (κ3) is 4.66. The van der Waals surface area contributed by atoms with Gasteiger partial charge in [0.2, 0.25) is 0 Å². The Balaban J connectivity index is 2.23. The first-order valence-corrected chi connectivity index (χ1v) is 7.71. The summed E-state index contributed by atoms with van der Waals surface area (Å²) in [7, 11) is 0. The lowest BCUT2D eigenvalue weighted by atomic mass is 10.1. The molecule has 1 N–H and O–H groups in total. The first-order valence-electron chi connectivity index (χ1n) is 7.34. The zero-order chi connectivity index (χ0) is 18.4. The van der Waals surface area contributed by atoms with Crippen molar-refractivity contribution >= 4 is 29.3 Å². The summed E-state index contributed by atoms with van der Waals surface area (Å²) in [4.78, 5) is 22.6. The number of nitro groups is 1. The van der Waals surface area contributed by atoms with Gasteiger partial charge in [0.05, 0.1) is 11.0 Å². The van der Waals surface area contributed by atoms with E-state index >= 15 is 0 Å². The molecule has 0 fully saturated rings. The molecule has 2 aromatic rings. The third-order valence-electron chi connectivity index (χ3n) is 3.49. The smallest absolute Gasteiger partial charge is 0.288 e. The van der Waals surface area contributed by atoms with Crippen LogP contribution in [0.4, 0.5) is 5.69 Å². The van der Waals surface area contributed by atoms with Gasteiger partial charge < -0.3 is 5.32 Å². The third-order valence-corrected chi connectivity index (χ3v) is 3.81. The van der Waals surface area contributed by atoms with Crippen LogP contribution in [-0.4, -0.2) is 10.8 Å². The van der Waals surface area contributed by atoms with Crippen LogP contribution in [0.5, 0.6) is 0 Å². The molecule has 0 heterocycles. The highest BCUT2D eigenvalue weighted by Gasteiger charge is 2.16. The molecule has 0 saturated carbocycles. The number of nitrogens with one attached hydrogen (secondary N) is 1. The number of rotatable bonds is 5. The van der Waals surface area contributed by atoms with Crippen molar-refractivity contribution in [3.8, 4) is 6.07 Å². The van der Waals surface area contributed by atoms with Crippen LogP contribution in [0.1, 0.15) is 24.1 Å². The molecule has 0 saturated heterocycles. The molecular formula is C18H14ClN3O3. The van der Waals surface area contributed by atoms with Crippen LogP contribution >= 0.6 is 11.6 Å². The number of nitro benzene ring substituents is 1. The summed E-state index contributed by atoms with van der Waals surface area (Å²) in [6.45, 7) is 1.80. The summed E-state index contributed by atoms with van der Waals surface area (Å²) in [5.41, 5.74) is 0.801. The minimum absolute atomic E-state index is 0.0113. The highest BCUT2D eigenvalue weighted by atomic mass is 35.5. The van der Waals surface area contributed by atoms with Gasteiger partial charge in [0.25, 0.3) is 11.6 Å². The normalized spacial score (nSPS) is 12.1. The lowest BCUT2D eigenvalue weighted by Crippen LogP contribution is -2.27. The molecule has 0 aliphatic heterocycles. The Kier molecular flexibility index (Phi) is 5.88. The lowest BCUT2D eigenvalue weighted by molar-refractivity contribution is -0.384. The fourth-order valence-electron chi connectivity index (χ4n) is 2.17. The Morgan fingerprint density at radius 2 is 2.00 bits per heavy atom. The molecule has 6 nitrogen and oxygen atoms in total. The summed E-state index contributed by atoms with van der Waals surface area (Å²) < 4.78 is 0. The molecular weight excluding hydrogens is 342 g/mol. The Morgan fingerprint density at radius 1 is 1.32 bits per heavy atom. The number of amides is 1. The SMILES string of the molecule is CC(NC(=O)/C(C#N)=C/c1ccc(Cl)c([N+](=O)[O-])c1)c1ccccc1. The Labute approximate surface area is 149 Å². The molecule has 126 valence electrons. The molecule has 0 bridgehead atoms. The van der Waals surface area contributed by atoms with Crippen LogP contribution < -0.4 is 5.32 Å². The summed E-state index contributed by atoms with van der Waals surface area (Å²) in [5.74, 6) is -0.559. The van der Waals surface area contributed by atoms with Crippen molar-refractivity contribution in [2.45, 2.75) is 13.0 Å². The topological polar surface area (TPSA) is 96.0 Å². The summed E-state index contributed by atoms with van der Waals surface area (Å²) >= 11 is 5.75. The summed E-state index contributed by atoms with van der Waals surface area (Å²) in [5, 5.41) is 22.9. The highest BCUT2D eigenvalue weighted by molar-refractivity contribution is 6.32. The predicted molar refractivity (Wildman–Crippen MR) is 94.7 cm³/mol. The van der Waals surface area contributed by atoms with Gasteiger partial charge in [-0.3, -0.25) is 14.9 Å². The number of nitrogens with zero attached hydrogens (tertiary/aromatic N) is 2. The van der Waals surface area contributed by atoms with E-state index in [0.29, 0.717) is 5.56 Å². The number of hydrogen-bond donors (Lipinski definition) is 1. The number of nitriles is 1. The van der Waals surface area contributed by atoms with Crippen LogP contribution in [0.3, 0.4) is 0 Å². The maximum atomic E-state index is 12.3. The molecule has 0 aromatic heterocycles. The van der Waals surface area contributed by atoms with Gasteiger partial charge in [-0.25, -0.2) is 0 Å². The number of benzene rings is 2. The molecule has 2 rings (SSSR count). The van der Waals surface area contributed by atoms with E-state index in [9.17, 15) is 20.2 Å². The van der Waals surface area contributed by atoms with Gasteiger partial charge in [-0.05, 0) is 30.2 Å². The van der Waals surface area contributed by atoms with Crippen LogP contribution in [0.15, 0.2) is 54.1 Å². The molecule has 7 heteroatoms. The van der Waals surface area contributed by atoms with E-state index in [1.54, 1.807) is 6.92 Å². The quantitative estimate of drug-likeness (QED) is 0.379. The Morgan fingerprint density at radius 3 is 2.60 bits per heavy atom. The van der Waals surface area contributed by atoms with E-state index in [0.717, 1.165) is 5.56 Å². The van der Waals surface area contributed by atoms with Gasteiger partial charge in [-0.2, -0.15) is 5.26 Å². The van der Waals surface area contributed by atoms with Crippen molar-refractivity contribution in [2.24, 2.45) is 0 Å². The van der Waals surface area contributed by atoms with Crippen molar-refractivity contribution in [1.29, 1.82) is 5.26 Å². The fourth-order valence-corrected chi connectivity index (χ4v) is 2.36. The molecule has 25 heavy (non-hydrogen) atoms. The zero-order valence-electron chi connectivity index (χ0n) is 13.3. The molecule has 1 amide bonds. The molecule has 0 aliphatic carbocycles. The van der Waals surface area contributed by atoms with Crippen LogP contribution in [-0.2, 0) is 4.79 Å². The molecule has 2 aromatic carbocycles. The van der Waals surface area contributed by atoms with Crippen LogP contribution in [0, 0.1) is 21.4 Å². The van der Waals surface area contributed by atoms with Gasteiger partial charge in [-0.1, -0.05) is 48.0 Å². The fraction of sp³-hybridized carbons (Fsp3) is 0.111. The first kappa shape index (κ1) is 18.2. The van der Waals surface area contributed by atoms with E-state index in [1.807, 2.05) is 36.4 Å². The average molecular weight is 356 g/mol. The van der Waals surface area contributed by atoms with Crippen molar-refractivity contribution in [2.75, 3.05) is 0 Å². The first-order chi connectivity index (χ1) is 11.9. The van der Waals surface area contributed by atoms with E-state index in [2.05, 4.69) is 5.32 Å². The lowest BCUT2D eigenvalue weighted by Gasteiger charge is -2.13. The summed E-state index contributed by atoms with van der Waals surface area (Å²) in [6, 6.07) is 14.9. The van der Waals surface area contributed by atoms with Crippen molar-refractivity contribution in [3.63, 3.8) is 0 Å². The monoisotopic (exact) mass is 355 g/mol. The molecule has 0 radical (unpaired) electrons. The maximum Gasteiger partial charge on any atom is 0.288 e. The number of hydrogen-bond acceptors (Lipinski definition) is 4. The van der Waals surface area contributed by atoms with Gasteiger partial charge >= 0.3 is 0 Å². The average Bonchev–Trinajstić information content (AvgIpc) is 2.61. The minimum atomic E-state index is -0.622. The molecule has 1 unspecified atom stereocenters. The second-order valence-corrected chi connectivity index (χ2v) is 5.65. The standard InChI is InChI=1S/C18H14ClN3O3/c1-12(14-5-3-2-4-6-14)21-18(23)15(11-20)9-13-7-8-16(19)17(10-13)22(24)25/h2-10,12H,1H3,(H,21,23)/b15-9+. The molecule has 0 aliphatic rings. The second kappa shape index (κ2) is 8.08. The predicted octanol–water partition coefficient (Wildman–Crippen LogP) is 4.03. The van der Waals surface area contributed by atoms with Crippen LogP contribution in [0.2, 0.25) is 5.02 Å². The summed E-state index contributed by atoms with van der Waals surface area (Å²) in [6.07, 6.45) is 1.29. The number of carbonyl (C=O) groups excluding carboxylic acids is 1. The number of carbonyl (C=O) groups is 1. The van der Waals surface area contributed by atoms with Crippen molar-refractivity contribution in [3.05, 3.63) is 80.4 Å². The Hall–Kier alpha value is -3.17. The number of halogens is 1. The maximum absolute atomic E-state index is 12.3. The zero-order valence-corrected chi connectivity index (χ0v) is 14.0. The van der Waals surface area contributed by atoms with Crippen LogP contribution in [0.25, 0.3) is 6.08 Å². The Bertz CT molecular complexity index is 873. The van der Waals surface area contributed by atoms with E-state index < -0.39 is 10.8 Å². The molecule has 1 atom stereocenters. The van der Waals surface area contributed by atoms with Gasteiger partial charge in [-0.15, -0.1) is 0 Å². The minimum Gasteiger partial charge on any atom is -0.345 e. The highest BCUT2D eigenvalue weighted by Crippen LogP contribution is 2.26. The van der Waals surface area contributed by atoms with Crippen molar-refractivity contribution in [1.82, 2.24) is 5.32 Å². The van der Waals surface area contributed by atoms with Gasteiger partial charge in [0.1, 0.15) is 16.7 Å². The largest absolute Gasteiger partial charge is 0.345 e. The van der Waals surface area contributed by atoms with E-state index in [-0.39, 0.29) is 22.3 Å².